The van der Waals surface area contributed by atoms with Gasteiger partial charge in [0.05, 0.1) is 17.3 Å². The molecule has 0 aromatic heterocycles. The van der Waals surface area contributed by atoms with E-state index in [9.17, 15) is 18.3 Å². The monoisotopic (exact) mass is 288 g/mol. The third-order valence-corrected chi connectivity index (χ3v) is 3.77. The Labute approximate surface area is 116 Å². The van der Waals surface area contributed by atoms with Gasteiger partial charge in [-0.1, -0.05) is 25.1 Å². The second-order valence-corrected chi connectivity index (χ2v) is 5.45. The zero-order chi connectivity index (χ0) is 14.8. The number of rotatable bonds is 3. The summed E-state index contributed by atoms with van der Waals surface area (Å²) in [5.41, 5.74) is -1.12. The molecule has 0 spiro atoms. The van der Waals surface area contributed by atoms with E-state index in [1.807, 2.05) is 6.92 Å². The molecule has 1 aromatic carbocycles. The maximum atomic E-state index is 12.7. The summed E-state index contributed by atoms with van der Waals surface area (Å²) < 4.78 is 43.5. The summed E-state index contributed by atoms with van der Waals surface area (Å²) >= 11 is 0. The average molecular weight is 288 g/mol. The van der Waals surface area contributed by atoms with Gasteiger partial charge in [-0.3, -0.25) is 0 Å². The molecule has 0 radical (unpaired) electrons. The Hall–Kier alpha value is -1.07. The van der Waals surface area contributed by atoms with Crippen LogP contribution in [0.2, 0.25) is 0 Å². The van der Waals surface area contributed by atoms with Crippen LogP contribution in [0.3, 0.4) is 0 Å². The molecule has 1 N–H and O–H groups in total. The lowest BCUT2D eigenvalue weighted by atomic mass is 9.84. The molecular formula is C15H19F3O2. The molecule has 2 nitrogen and oxygen atoms in total. The third kappa shape index (κ3) is 3.73. The van der Waals surface area contributed by atoms with Crippen LogP contribution < -0.4 is 0 Å². The molecule has 5 heteroatoms. The number of ether oxygens (including phenoxy) is 1. The van der Waals surface area contributed by atoms with E-state index in [4.69, 9.17) is 4.74 Å². The van der Waals surface area contributed by atoms with Crippen molar-refractivity contribution in [2.45, 2.75) is 50.5 Å². The van der Waals surface area contributed by atoms with E-state index in [-0.39, 0.29) is 12.5 Å². The molecule has 2 unspecified atom stereocenters. The highest BCUT2D eigenvalue weighted by Crippen LogP contribution is 2.33. The van der Waals surface area contributed by atoms with E-state index in [1.165, 1.54) is 6.07 Å². The quantitative estimate of drug-likeness (QED) is 0.921. The number of aliphatic hydroxyl groups is 1. The van der Waals surface area contributed by atoms with Gasteiger partial charge in [0.1, 0.15) is 0 Å². The van der Waals surface area contributed by atoms with Crippen LogP contribution in [0.1, 0.15) is 37.3 Å². The van der Waals surface area contributed by atoms with Crippen LogP contribution in [0.5, 0.6) is 0 Å². The predicted octanol–water partition coefficient (Wildman–Crippen LogP) is 3.57. The molecule has 1 aromatic rings. The first-order valence-corrected chi connectivity index (χ1v) is 6.82. The van der Waals surface area contributed by atoms with Crippen molar-refractivity contribution in [3.8, 4) is 0 Å². The van der Waals surface area contributed by atoms with Crippen LogP contribution in [0.25, 0.3) is 0 Å². The van der Waals surface area contributed by atoms with Crippen molar-refractivity contribution in [1.29, 1.82) is 0 Å². The minimum atomic E-state index is -4.35. The van der Waals surface area contributed by atoms with Gasteiger partial charge in [0.25, 0.3) is 0 Å². The molecule has 1 saturated heterocycles. The van der Waals surface area contributed by atoms with Crippen LogP contribution >= 0.6 is 0 Å². The predicted molar refractivity (Wildman–Crippen MR) is 69.4 cm³/mol. The highest BCUT2D eigenvalue weighted by Gasteiger charge is 2.35. The molecule has 2 atom stereocenters. The molecule has 1 fully saturated rings. The fourth-order valence-corrected chi connectivity index (χ4v) is 2.66. The number of benzene rings is 1. The Kier molecular flexibility index (Phi) is 4.39. The minimum absolute atomic E-state index is 0.0143. The Morgan fingerprint density at radius 2 is 2.15 bits per heavy atom. The average Bonchev–Trinajstić information content (AvgIpc) is 2.37. The number of alkyl halides is 3. The van der Waals surface area contributed by atoms with Gasteiger partial charge in [0.15, 0.2) is 0 Å². The topological polar surface area (TPSA) is 29.5 Å². The van der Waals surface area contributed by atoms with Gasteiger partial charge >= 0.3 is 6.18 Å². The summed E-state index contributed by atoms with van der Waals surface area (Å²) in [6, 6.07) is 5.18. The fourth-order valence-electron chi connectivity index (χ4n) is 2.66. The van der Waals surface area contributed by atoms with E-state index in [0.29, 0.717) is 25.0 Å². The number of hydrogen-bond donors (Lipinski definition) is 1. The lowest BCUT2D eigenvalue weighted by Gasteiger charge is -2.37. The Bertz CT molecular complexity index is 459. The molecular weight excluding hydrogens is 269 g/mol. The summed E-state index contributed by atoms with van der Waals surface area (Å²) in [7, 11) is 0. The van der Waals surface area contributed by atoms with Crippen LogP contribution in [0.15, 0.2) is 24.3 Å². The summed E-state index contributed by atoms with van der Waals surface area (Å²) in [6.07, 6.45) is -2.40. The lowest BCUT2D eigenvalue weighted by molar-refractivity contribution is -0.137. The minimum Gasteiger partial charge on any atom is -0.389 e. The van der Waals surface area contributed by atoms with E-state index in [1.54, 1.807) is 6.07 Å². The normalized spacial score (nSPS) is 27.6. The van der Waals surface area contributed by atoms with Crippen LogP contribution in [-0.4, -0.2) is 23.4 Å². The van der Waals surface area contributed by atoms with Gasteiger partial charge in [-0.05, 0) is 24.5 Å². The van der Waals surface area contributed by atoms with E-state index < -0.39 is 17.3 Å². The summed E-state index contributed by atoms with van der Waals surface area (Å²) in [6.45, 7) is 2.43. The molecule has 1 aliphatic heterocycles. The molecule has 20 heavy (non-hydrogen) atoms. The van der Waals surface area contributed by atoms with Gasteiger partial charge < -0.3 is 9.84 Å². The molecule has 0 aliphatic carbocycles. The zero-order valence-electron chi connectivity index (χ0n) is 11.4. The van der Waals surface area contributed by atoms with Crippen LogP contribution in [-0.2, 0) is 17.3 Å². The smallest absolute Gasteiger partial charge is 0.389 e. The second-order valence-electron chi connectivity index (χ2n) is 5.45. The number of halogens is 3. The van der Waals surface area contributed by atoms with Gasteiger partial charge in [-0.25, -0.2) is 0 Å². The van der Waals surface area contributed by atoms with Gasteiger partial charge in [0, 0.05) is 19.4 Å². The Morgan fingerprint density at radius 3 is 2.80 bits per heavy atom. The highest BCUT2D eigenvalue weighted by atomic mass is 19.4. The van der Waals surface area contributed by atoms with E-state index in [2.05, 4.69) is 0 Å². The van der Waals surface area contributed by atoms with E-state index >= 15 is 0 Å². The third-order valence-electron chi connectivity index (χ3n) is 3.77. The van der Waals surface area contributed by atoms with Gasteiger partial charge in [-0.2, -0.15) is 13.2 Å². The molecule has 0 amide bonds. The highest BCUT2D eigenvalue weighted by molar-refractivity contribution is 5.27. The van der Waals surface area contributed by atoms with E-state index in [0.717, 1.165) is 18.6 Å². The van der Waals surface area contributed by atoms with Crippen molar-refractivity contribution in [2.75, 3.05) is 6.61 Å². The number of hydrogen-bond acceptors (Lipinski definition) is 2. The Morgan fingerprint density at radius 1 is 1.40 bits per heavy atom. The summed E-state index contributed by atoms with van der Waals surface area (Å²) in [5, 5.41) is 10.6. The van der Waals surface area contributed by atoms with Gasteiger partial charge in [-0.15, -0.1) is 0 Å². The molecule has 1 heterocycles. The largest absolute Gasteiger partial charge is 0.416 e. The van der Waals surface area contributed by atoms with Crippen LogP contribution in [0.4, 0.5) is 13.2 Å². The maximum absolute atomic E-state index is 12.7. The SMILES string of the molecule is CCC1CC(O)(Cc2cccc(C(F)(F)F)c2)CCO1. The first kappa shape index (κ1) is 15.3. The molecule has 112 valence electrons. The maximum Gasteiger partial charge on any atom is 0.416 e. The first-order valence-electron chi connectivity index (χ1n) is 6.82. The zero-order valence-corrected chi connectivity index (χ0v) is 11.4. The van der Waals surface area contributed by atoms with Crippen molar-refractivity contribution in [2.24, 2.45) is 0 Å². The summed E-state index contributed by atoms with van der Waals surface area (Å²) in [4.78, 5) is 0. The molecule has 0 bridgehead atoms. The lowest BCUT2D eigenvalue weighted by Crippen LogP contribution is -2.42. The molecule has 0 saturated carbocycles. The van der Waals surface area contributed by atoms with Crippen molar-refractivity contribution in [1.82, 2.24) is 0 Å². The standard InChI is InChI=1S/C15H19F3O2/c1-2-13-10-14(19,6-7-20-13)9-11-4-3-5-12(8-11)15(16,17)18/h3-5,8,13,19H,2,6-7,9-10H2,1H3. The molecule has 2 rings (SSSR count). The fraction of sp³-hybridized carbons (Fsp3) is 0.600. The Balaban J connectivity index is 2.13. The summed E-state index contributed by atoms with van der Waals surface area (Å²) in [5.74, 6) is 0. The molecule has 1 aliphatic rings. The van der Waals surface area contributed by atoms with Crippen LogP contribution in [0, 0.1) is 0 Å². The van der Waals surface area contributed by atoms with Crippen molar-refractivity contribution in [3.63, 3.8) is 0 Å². The van der Waals surface area contributed by atoms with Crippen molar-refractivity contribution < 1.29 is 23.0 Å². The van der Waals surface area contributed by atoms with Crippen molar-refractivity contribution >= 4 is 0 Å². The second kappa shape index (κ2) is 5.74. The van der Waals surface area contributed by atoms with Gasteiger partial charge in [0.2, 0.25) is 0 Å². The first-order chi connectivity index (χ1) is 9.32. The van der Waals surface area contributed by atoms with Crippen molar-refractivity contribution in [3.05, 3.63) is 35.4 Å².